The van der Waals surface area contributed by atoms with E-state index >= 15 is 0 Å². The van der Waals surface area contributed by atoms with Crippen LogP contribution in [0.5, 0.6) is 0 Å². The first-order valence-corrected chi connectivity index (χ1v) is 11.7. The zero-order chi connectivity index (χ0) is 25.3. The van der Waals surface area contributed by atoms with E-state index in [1.807, 2.05) is 42.5 Å². The quantitative estimate of drug-likeness (QED) is 0.336. The Bertz CT molecular complexity index is 1200. The van der Waals surface area contributed by atoms with E-state index in [1.165, 1.54) is 6.92 Å². The Kier molecular flexibility index (Phi) is 8.01. The number of pyridine rings is 1. The Hall–Kier alpha value is -4.54. The Morgan fingerprint density at radius 3 is 2.28 bits per heavy atom. The fourth-order valence-corrected chi connectivity index (χ4v) is 3.78. The van der Waals surface area contributed by atoms with E-state index in [0.29, 0.717) is 50.9 Å². The summed E-state index contributed by atoms with van der Waals surface area (Å²) in [6.45, 7) is 4.40. The van der Waals surface area contributed by atoms with Crippen LogP contribution in [0.15, 0.2) is 60.9 Å². The van der Waals surface area contributed by atoms with Gasteiger partial charge in [-0.3, -0.25) is 19.4 Å². The van der Waals surface area contributed by atoms with Gasteiger partial charge in [0, 0.05) is 75.9 Å². The number of hydrogen-bond acceptors (Lipinski definition) is 8. The lowest BCUT2D eigenvalue weighted by molar-refractivity contribution is -0.143. The molecular formula is C25H28N8O3. The number of nitrogens with zero attached hydrogens (tertiary/aromatic N) is 5. The number of aromatic nitrogens is 3. The molecule has 2 aromatic heterocycles. The Morgan fingerprint density at radius 1 is 0.889 bits per heavy atom. The summed E-state index contributed by atoms with van der Waals surface area (Å²) >= 11 is 0. The van der Waals surface area contributed by atoms with Gasteiger partial charge in [-0.15, -0.1) is 0 Å². The first kappa shape index (κ1) is 24.6. The SMILES string of the molecule is CC(=O)NCCNc1cc(NC(=O)C(=O)N2CCN(c3ccncc3)CC2)nc(-c2ccccc2)n1. The highest BCUT2D eigenvalue weighted by atomic mass is 16.2. The van der Waals surface area contributed by atoms with Gasteiger partial charge in [0.1, 0.15) is 11.6 Å². The molecule has 3 N–H and O–H groups in total. The van der Waals surface area contributed by atoms with Crippen LogP contribution < -0.4 is 20.9 Å². The number of carbonyl (C=O) groups excluding carboxylic acids is 3. The summed E-state index contributed by atoms with van der Waals surface area (Å²) in [7, 11) is 0. The first-order chi connectivity index (χ1) is 17.5. The van der Waals surface area contributed by atoms with Crippen LogP contribution in [0, 0.1) is 0 Å². The molecule has 1 saturated heterocycles. The largest absolute Gasteiger partial charge is 0.368 e. The molecule has 36 heavy (non-hydrogen) atoms. The van der Waals surface area contributed by atoms with Crippen LogP contribution in [-0.4, -0.2) is 76.8 Å². The molecule has 1 fully saturated rings. The van der Waals surface area contributed by atoms with Crippen LogP contribution in [0.2, 0.25) is 0 Å². The molecule has 11 nitrogen and oxygen atoms in total. The molecule has 1 aliphatic rings. The standard InChI is InChI=1S/C25H28N8O3/c1-18(34)27-11-12-28-21-17-22(30-23(29-21)19-5-3-2-4-6-19)31-24(35)25(36)33-15-13-32(14-16-33)20-7-9-26-10-8-20/h2-10,17H,11-16H2,1H3,(H,27,34)(H2,28,29,30,31,35). The van der Waals surface area contributed by atoms with Crippen LogP contribution in [0.3, 0.4) is 0 Å². The zero-order valence-electron chi connectivity index (χ0n) is 20.0. The van der Waals surface area contributed by atoms with E-state index < -0.39 is 11.8 Å². The molecule has 0 aliphatic carbocycles. The van der Waals surface area contributed by atoms with Crippen LogP contribution in [0.1, 0.15) is 6.92 Å². The van der Waals surface area contributed by atoms with Gasteiger partial charge in [-0.2, -0.15) is 0 Å². The molecule has 3 aromatic rings. The third-order valence-electron chi connectivity index (χ3n) is 5.59. The van der Waals surface area contributed by atoms with Gasteiger partial charge in [-0.1, -0.05) is 30.3 Å². The third-order valence-corrected chi connectivity index (χ3v) is 5.59. The Balaban J connectivity index is 1.42. The topological polar surface area (TPSA) is 132 Å². The smallest absolute Gasteiger partial charge is 0.315 e. The minimum Gasteiger partial charge on any atom is -0.368 e. The van der Waals surface area contributed by atoms with Crippen molar-refractivity contribution in [1.82, 2.24) is 25.2 Å². The number of benzene rings is 1. The molecule has 0 atom stereocenters. The predicted molar refractivity (Wildman–Crippen MR) is 136 cm³/mol. The van der Waals surface area contributed by atoms with Crippen molar-refractivity contribution in [3.63, 3.8) is 0 Å². The van der Waals surface area contributed by atoms with Crippen molar-refractivity contribution < 1.29 is 14.4 Å². The van der Waals surface area contributed by atoms with Crippen molar-refractivity contribution in [2.24, 2.45) is 0 Å². The van der Waals surface area contributed by atoms with Crippen LogP contribution in [-0.2, 0) is 14.4 Å². The highest BCUT2D eigenvalue weighted by molar-refractivity contribution is 6.39. The van der Waals surface area contributed by atoms with Gasteiger partial charge in [-0.05, 0) is 12.1 Å². The second-order valence-corrected chi connectivity index (χ2v) is 8.18. The number of rotatable bonds is 7. The maximum Gasteiger partial charge on any atom is 0.315 e. The number of amides is 3. The van der Waals surface area contributed by atoms with Gasteiger partial charge >= 0.3 is 11.8 Å². The molecule has 3 amide bonds. The number of piperazine rings is 1. The average Bonchev–Trinajstić information content (AvgIpc) is 2.91. The van der Waals surface area contributed by atoms with Gasteiger partial charge in [0.25, 0.3) is 0 Å². The molecule has 0 unspecified atom stereocenters. The predicted octanol–water partition coefficient (Wildman–Crippen LogP) is 1.37. The van der Waals surface area contributed by atoms with Crippen LogP contribution >= 0.6 is 0 Å². The summed E-state index contributed by atoms with van der Waals surface area (Å²) in [6, 6.07) is 14.7. The second-order valence-electron chi connectivity index (χ2n) is 8.18. The molecule has 3 heterocycles. The van der Waals surface area contributed by atoms with Crippen molar-refractivity contribution in [2.45, 2.75) is 6.92 Å². The average molecular weight is 489 g/mol. The Labute approximate surface area is 209 Å². The van der Waals surface area contributed by atoms with Crippen molar-refractivity contribution in [2.75, 3.05) is 54.8 Å². The molecule has 186 valence electrons. The van der Waals surface area contributed by atoms with Gasteiger partial charge in [0.05, 0.1) is 0 Å². The lowest BCUT2D eigenvalue weighted by atomic mass is 10.2. The Morgan fingerprint density at radius 2 is 1.58 bits per heavy atom. The second kappa shape index (κ2) is 11.7. The van der Waals surface area contributed by atoms with Crippen molar-refractivity contribution in [1.29, 1.82) is 0 Å². The lowest BCUT2D eigenvalue weighted by Crippen LogP contribution is -2.51. The molecular weight excluding hydrogens is 460 g/mol. The van der Waals surface area contributed by atoms with Gasteiger partial charge in [-0.25, -0.2) is 9.97 Å². The summed E-state index contributed by atoms with van der Waals surface area (Å²) in [4.78, 5) is 53.4. The highest BCUT2D eigenvalue weighted by Crippen LogP contribution is 2.20. The summed E-state index contributed by atoms with van der Waals surface area (Å²) in [5.74, 6) is -0.423. The fraction of sp³-hybridized carbons (Fsp3) is 0.280. The maximum atomic E-state index is 12.8. The van der Waals surface area contributed by atoms with E-state index in [-0.39, 0.29) is 11.7 Å². The number of carbonyl (C=O) groups is 3. The summed E-state index contributed by atoms with van der Waals surface area (Å²) in [6.07, 6.45) is 3.46. The summed E-state index contributed by atoms with van der Waals surface area (Å²) in [5.41, 5.74) is 1.80. The normalized spacial score (nSPS) is 13.1. The minimum absolute atomic E-state index is 0.127. The highest BCUT2D eigenvalue weighted by Gasteiger charge is 2.26. The van der Waals surface area contributed by atoms with Crippen molar-refractivity contribution in [3.05, 3.63) is 60.9 Å². The number of anilines is 3. The van der Waals surface area contributed by atoms with Crippen LogP contribution in [0.25, 0.3) is 11.4 Å². The monoisotopic (exact) mass is 488 g/mol. The van der Waals surface area contributed by atoms with Crippen molar-refractivity contribution in [3.8, 4) is 11.4 Å². The fourth-order valence-electron chi connectivity index (χ4n) is 3.78. The summed E-state index contributed by atoms with van der Waals surface area (Å²) in [5, 5.41) is 8.45. The van der Waals surface area contributed by atoms with Crippen molar-refractivity contribution >= 4 is 35.0 Å². The van der Waals surface area contributed by atoms with E-state index in [1.54, 1.807) is 23.4 Å². The number of hydrogen-bond donors (Lipinski definition) is 3. The molecule has 0 saturated carbocycles. The van der Waals surface area contributed by atoms with Gasteiger partial charge in [0.15, 0.2) is 5.82 Å². The van der Waals surface area contributed by atoms with E-state index in [9.17, 15) is 14.4 Å². The van der Waals surface area contributed by atoms with Gasteiger partial charge in [0.2, 0.25) is 5.91 Å². The van der Waals surface area contributed by atoms with Gasteiger partial charge < -0.3 is 25.8 Å². The molecule has 0 bridgehead atoms. The third kappa shape index (κ3) is 6.53. The molecule has 0 spiro atoms. The van der Waals surface area contributed by atoms with Crippen LogP contribution in [0.4, 0.5) is 17.3 Å². The zero-order valence-corrected chi connectivity index (χ0v) is 20.0. The molecule has 4 rings (SSSR count). The summed E-state index contributed by atoms with van der Waals surface area (Å²) < 4.78 is 0. The maximum absolute atomic E-state index is 12.8. The first-order valence-electron chi connectivity index (χ1n) is 11.7. The number of nitrogens with one attached hydrogen (secondary N) is 3. The molecule has 1 aliphatic heterocycles. The molecule has 1 aromatic carbocycles. The van der Waals surface area contributed by atoms with E-state index in [2.05, 4.69) is 35.8 Å². The van der Waals surface area contributed by atoms with E-state index in [4.69, 9.17) is 0 Å². The minimum atomic E-state index is -0.755. The lowest BCUT2D eigenvalue weighted by Gasteiger charge is -2.35. The van der Waals surface area contributed by atoms with E-state index in [0.717, 1.165) is 11.3 Å². The molecule has 0 radical (unpaired) electrons. The molecule has 11 heteroatoms.